The third-order valence-electron chi connectivity index (χ3n) is 4.08. The fourth-order valence-electron chi connectivity index (χ4n) is 2.98. The van der Waals surface area contributed by atoms with E-state index in [0.29, 0.717) is 11.9 Å². The van der Waals surface area contributed by atoms with Gasteiger partial charge in [0.25, 0.3) is 0 Å². The van der Waals surface area contributed by atoms with Crippen LogP contribution < -0.4 is 10.2 Å². The fraction of sp³-hybridized carbons (Fsp3) is 0.467. The Kier molecular flexibility index (Phi) is 2.83. The first-order valence-corrected chi connectivity index (χ1v) is 7.36. The lowest BCUT2D eigenvalue weighted by Gasteiger charge is -2.17. The summed E-state index contributed by atoms with van der Waals surface area (Å²) in [5, 5.41) is 11.8. The minimum atomic E-state index is 0.625. The quantitative estimate of drug-likeness (QED) is 0.909. The lowest BCUT2D eigenvalue weighted by Crippen LogP contribution is -2.17. The maximum atomic E-state index is 5.83. The molecule has 2 aromatic rings. The predicted molar refractivity (Wildman–Crippen MR) is 78.0 cm³/mol. The Hall–Kier alpha value is -2.04. The van der Waals surface area contributed by atoms with Crippen LogP contribution in [0.3, 0.4) is 0 Å². The van der Waals surface area contributed by atoms with Gasteiger partial charge in [-0.15, -0.1) is 5.10 Å². The highest BCUT2D eigenvalue weighted by molar-refractivity contribution is 5.64. The van der Waals surface area contributed by atoms with Gasteiger partial charge >= 0.3 is 6.01 Å². The molecule has 5 heteroatoms. The number of rotatable bonds is 2. The van der Waals surface area contributed by atoms with Crippen molar-refractivity contribution in [1.82, 2.24) is 10.2 Å². The van der Waals surface area contributed by atoms with E-state index >= 15 is 0 Å². The third-order valence-corrected chi connectivity index (χ3v) is 4.08. The van der Waals surface area contributed by atoms with Crippen LogP contribution in [0.1, 0.15) is 24.8 Å². The van der Waals surface area contributed by atoms with Crippen LogP contribution in [0.4, 0.5) is 11.7 Å². The molecule has 2 aliphatic heterocycles. The van der Waals surface area contributed by atoms with Crippen LogP contribution >= 0.6 is 0 Å². The molecule has 0 amide bonds. The Balaban J connectivity index is 1.63. The molecule has 1 N–H and O–H groups in total. The summed E-state index contributed by atoms with van der Waals surface area (Å²) in [6, 6.07) is 7.00. The molecule has 0 aliphatic carbocycles. The van der Waals surface area contributed by atoms with E-state index in [4.69, 9.17) is 4.42 Å². The molecular formula is C15H18N4O. The number of fused-ring (bicyclic) bond motifs is 1. The minimum absolute atomic E-state index is 0.625. The van der Waals surface area contributed by atoms with E-state index in [-0.39, 0.29) is 0 Å². The van der Waals surface area contributed by atoms with Crippen molar-refractivity contribution in [2.75, 3.05) is 29.9 Å². The van der Waals surface area contributed by atoms with Crippen molar-refractivity contribution < 1.29 is 4.42 Å². The van der Waals surface area contributed by atoms with Crippen LogP contribution in [0, 0.1) is 0 Å². The standard InChI is InChI=1S/C15H18N4O/c1-2-9-19(8-1)15-18-17-14(20-15)12-5-6-13-11(10-12)4-3-7-16-13/h5-6,10,16H,1-4,7-9H2. The number of benzene rings is 1. The van der Waals surface area contributed by atoms with Crippen LogP contribution in [-0.2, 0) is 6.42 Å². The molecule has 3 heterocycles. The molecule has 1 aromatic heterocycles. The second-order valence-electron chi connectivity index (χ2n) is 5.49. The molecule has 0 unspecified atom stereocenters. The number of aromatic nitrogens is 2. The van der Waals surface area contributed by atoms with Crippen LogP contribution in [0.15, 0.2) is 22.6 Å². The second-order valence-corrected chi connectivity index (χ2v) is 5.49. The van der Waals surface area contributed by atoms with Crippen molar-refractivity contribution in [2.45, 2.75) is 25.7 Å². The monoisotopic (exact) mass is 270 g/mol. The average molecular weight is 270 g/mol. The Morgan fingerprint density at radius 3 is 2.90 bits per heavy atom. The lowest BCUT2D eigenvalue weighted by atomic mass is 10.0. The maximum Gasteiger partial charge on any atom is 0.318 e. The lowest BCUT2D eigenvalue weighted by molar-refractivity contribution is 0.557. The van der Waals surface area contributed by atoms with Gasteiger partial charge in [0.15, 0.2) is 0 Å². The highest BCUT2D eigenvalue weighted by Crippen LogP contribution is 2.29. The molecule has 0 saturated carbocycles. The summed E-state index contributed by atoms with van der Waals surface area (Å²) in [6.45, 7) is 3.11. The number of anilines is 2. The van der Waals surface area contributed by atoms with E-state index in [1.165, 1.54) is 30.5 Å². The second kappa shape index (κ2) is 4.81. The summed E-state index contributed by atoms with van der Waals surface area (Å²) in [6.07, 6.45) is 4.72. The van der Waals surface area contributed by atoms with Gasteiger partial charge in [0.1, 0.15) is 0 Å². The van der Waals surface area contributed by atoms with Crippen molar-refractivity contribution in [3.63, 3.8) is 0 Å². The smallest absolute Gasteiger partial charge is 0.318 e. The minimum Gasteiger partial charge on any atom is -0.403 e. The molecule has 0 bridgehead atoms. The molecule has 104 valence electrons. The van der Waals surface area contributed by atoms with Gasteiger partial charge in [-0.2, -0.15) is 0 Å². The molecule has 1 fully saturated rings. The molecule has 2 aliphatic rings. The zero-order valence-corrected chi connectivity index (χ0v) is 11.4. The van der Waals surface area contributed by atoms with E-state index in [0.717, 1.165) is 31.6 Å². The Morgan fingerprint density at radius 1 is 1.10 bits per heavy atom. The normalized spacial score (nSPS) is 17.9. The molecular weight excluding hydrogens is 252 g/mol. The molecule has 1 saturated heterocycles. The van der Waals surface area contributed by atoms with E-state index in [9.17, 15) is 0 Å². The van der Waals surface area contributed by atoms with Crippen LogP contribution in [-0.4, -0.2) is 29.8 Å². The summed E-state index contributed by atoms with van der Waals surface area (Å²) in [4.78, 5) is 2.16. The van der Waals surface area contributed by atoms with Crippen molar-refractivity contribution in [2.24, 2.45) is 0 Å². The van der Waals surface area contributed by atoms with Gasteiger partial charge in [-0.3, -0.25) is 0 Å². The highest BCUT2D eigenvalue weighted by Gasteiger charge is 2.19. The first-order valence-electron chi connectivity index (χ1n) is 7.36. The Morgan fingerprint density at radius 2 is 2.00 bits per heavy atom. The molecule has 1 aromatic carbocycles. The van der Waals surface area contributed by atoms with Crippen LogP contribution in [0.2, 0.25) is 0 Å². The van der Waals surface area contributed by atoms with Crippen molar-refractivity contribution >= 4 is 11.7 Å². The predicted octanol–water partition coefficient (Wildman–Crippen LogP) is 2.69. The zero-order chi connectivity index (χ0) is 13.4. The first kappa shape index (κ1) is 11.8. The van der Waals surface area contributed by atoms with E-state index in [2.05, 4.69) is 38.6 Å². The summed E-state index contributed by atoms with van der Waals surface area (Å²) in [5.41, 5.74) is 3.60. The van der Waals surface area contributed by atoms with Gasteiger partial charge in [-0.25, -0.2) is 0 Å². The van der Waals surface area contributed by atoms with E-state index < -0.39 is 0 Å². The summed E-state index contributed by atoms with van der Waals surface area (Å²) >= 11 is 0. The van der Waals surface area contributed by atoms with Gasteiger partial charge in [-0.05, 0) is 49.4 Å². The van der Waals surface area contributed by atoms with Gasteiger partial charge in [0, 0.05) is 30.9 Å². The average Bonchev–Trinajstić information content (AvgIpc) is 3.17. The topological polar surface area (TPSA) is 54.2 Å². The van der Waals surface area contributed by atoms with Crippen molar-refractivity contribution in [1.29, 1.82) is 0 Å². The van der Waals surface area contributed by atoms with Crippen LogP contribution in [0.25, 0.3) is 11.5 Å². The van der Waals surface area contributed by atoms with E-state index in [1.807, 2.05) is 0 Å². The number of aryl methyl sites for hydroxylation is 1. The maximum absolute atomic E-state index is 5.83. The molecule has 0 radical (unpaired) electrons. The molecule has 4 rings (SSSR count). The molecule has 0 atom stereocenters. The molecule has 5 nitrogen and oxygen atoms in total. The first-order chi connectivity index (χ1) is 9.90. The SMILES string of the molecule is c1cc2c(cc1-c1nnc(N3CCCC3)o1)CCCN2. The van der Waals surface area contributed by atoms with Gasteiger partial charge in [0.2, 0.25) is 5.89 Å². The summed E-state index contributed by atoms with van der Waals surface area (Å²) in [7, 11) is 0. The highest BCUT2D eigenvalue weighted by atomic mass is 16.4. The Bertz CT molecular complexity index is 616. The Labute approximate surface area is 118 Å². The largest absolute Gasteiger partial charge is 0.403 e. The number of hydrogen-bond acceptors (Lipinski definition) is 5. The fourth-order valence-corrected chi connectivity index (χ4v) is 2.98. The van der Waals surface area contributed by atoms with Gasteiger partial charge in [0.05, 0.1) is 0 Å². The summed E-state index contributed by atoms with van der Waals surface area (Å²) in [5.74, 6) is 0.625. The molecule has 0 spiro atoms. The van der Waals surface area contributed by atoms with Crippen molar-refractivity contribution in [3.05, 3.63) is 23.8 Å². The zero-order valence-electron chi connectivity index (χ0n) is 11.4. The summed E-state index contributed by atoms with van der Waals surface area (Å²) < 4.78 is 5.83. The number of nitrogens with zero attached hydrogens (tertiary/aromatic N) is 3. The van der Waals surface area contributed by atoms with Gasteiger partial charge < -0.3 is 14.6 Å². The molecule has 20 heavy (non-hydrogen) atoms. The van der Waals surface area contributed by atoms with E-state index in [1.54, 1.807) is 0 Å². The van der Waals surface area contributed by atoms with Crippen molar-refractivity contribution in [3.8, 4) is 11.5 Å². The number of nitrogens with one attached hydrogen (secondary N) is 1. The van der Waals surface area contributed by atoms with Crippen LogP contribution in [0.5, 0.6) is 0 Å². The number of hydrogen-bond donors (Lipinski definition) is 1. The third kappa shape index (κ3) is 2.03. The van der Waals surface area contributed by atoms with Gasteiger partial charge in [-0.1, -0.05) is 5.10 Å².